The van der Waals surface area contributed by atoms with E-state index in [0.717, 1.165) is 19.5 Å². The highest BCUT2D eigenvalue weighted by molar-refractivity contribution is 5.83. The molecule has 2 heterocycles. The van der Waals surface area contributed by atoms with Gasteiger partial charge in [0.25, 0.3) is 11.7 Å². The first-order valence-electron chi connectivity index (χ1n) is 6.75. The van der Waals surface area contributed by atoms with Gasteiger partial charge in [0.1, 0.15) is 0 Å². The van der Waals surface area contributed by atoms with Crippen LogP contribution in [0.2, 0.25) is 0 Å². The first-order valence-corrected chi connectivity index (χ1v) is 6.75. The normalized spacial score (nSPS) is 18.5. The Kier molecular flexibility index (Phi) is 3.51. The first-order chi connectivity index (χ1) is 9.74. The summed E-state index contributed by atoms with van der Waals surface area (Å²) in [5.74, 6) is 0. The van der Waals surface area contributed by atoms with E-state index in [1.165, 1.54) is 18.9 Å². The zero-order chi connectivity index (χ0) is 13.9. The number of nitrogens with zero attached hydrogens (tertiary/aromatic N) is 2. The summed E-state index contributed by atoms with van der Waals surface area (Å²) in [6.07, 6.45) is 3.40. The minimum Gasteiger partial charge on any atom is -0.423 e. The van der Waals surface area contributed by atoms with Gasteiger partial charge >= 0.3 is 0 Å². The zero-order valence-corrected chi connectivity index (χ0v) is 11.0. The minimum absolute atomic E-state index is 0.0308. The highest BCUT2D eigenvalue weighted by Crippen LogP contribution is 2.27. The second-order valence-electron chi connectivity index (χ2n) is 4.91. The van der Waals surface area contributed by atoms with Crippen LogP contribution in [0.1, 0.15) is 19.3 Å². The summed E-state index contributed by atoms with van der Waals surface area (Å²) < 4.78 is 5.48. The Balaban J connectivity index is 1.69. The van der Waals surface area contributed by atoms with E-state index in [9.17, 15) is 10.1 Å². The Morgan fingerprint density at radius 1 is 1.55 bits per heavy atom. The van der Waals surface area contributed by atoms with Gasteiger partial charge in [0, 0.05) is 18.7 Å². The molecular formula is C13H16N4O3. The topological polar surface area (TPSA) is 93.2 Å². The van der Waals surface area contributed by atoms with Crippen molar-refractivity contribution in [2.75, 3.05) is 18.4 Å². The molecule has 3 rings (SSSR count). The highest BCUT2D eigenvalue weighted by atomic mass is 16.6. The highest BCUT2D eigenvalue weighted by Gasteiger charge is 2.18. The summed E-state index contributed by atoms with van der Waals surface area (Å²) in [7, 11) is 0. The lowest BCUT2D eigenvalue weighted by Gasteiger charge is -2.09. The Labute approximate surface area is 115 Å². The molecule has 1 aliphatic heterocycles. The summed E-state index contributed by atoms with van der Waals surface area (Å²) in [6.45, 7) is 1.82. The number of nitro groups is 1. The average Bonchev–Trinajstić information content (AvgIpc) is 3.06. The Hall–Kier alpha value is -2.15. The molecule has 1 fully saturated rings. The molecule has 1 aromatic carbocycles. The third-order valence-corrected chi connectivity index (χ3v) is 3.53. The smallest absolute Gasteiger partial charge is 0.298 e. The lowest BCUT2D eigenvalue weighted by Crippen LogP contribution is -2.24. The van der Waals surface area contributed by atoms with E-state index in [4.69, 9.17) is 4.42 Å². The van der Waals surface area contributed by atoms with E-state index in [-0.39, 0.29) is 5.69 Å². The molecule has 0 spiro atoms. The molecule has 106 valence electrons. The van der Waals surface area contributed by atoms with Gasteiger partial charge in [0.2, 0.25) is 0 Å². The molecule has 1 unspecified atom stereocenters. The third kappa shape index (κ3) is 2.57. The van der Waals surface area contributed by atoms with Crippen LogP contribution >= 0.6 is 0 Å². The quantitative estimate of drug-likeness (QED) is 0.643. The Morgan fingerprint density at radius 3 is 3.20 bits per heavy atom. The number of rotatable bonds is 5. The van der Waals surface area contributed by atoms with Crippen LogP contribution in [-0.4, -0.2) is 29.0 Å². The van der Waals surface area contributed by atoms with Crippen molar-refractivity contribution in [2.45, 2.75) is 25.3 Å². The van der Waals surface area contributed by atoms with E-state index in [0.29, 0.717) is 23.2 Å². The van der Waals surface area contributed by atoms with E-state index in [1.54, 1.807) is 12.1 Å². The van der Waals surface area contributed by atoms with Gasteiger partial charge in [0.15, 0.2) is 11.1 Å². The molecule has 2 aromatic rings. The molecule has 0 bridgehead atoms. The summed E-state index contributed by atoms with van der Waals surface area (Å²) in [6, 6.07) is 5.59. The molecular weight excluding hydrogens is 260 g/mol. The molecule has 1 saturated heterocycles. The van der Waals surface area contributed by atoms with Crippen LogP contribution in [0.4, 0.5) is 11.7 Å². The van der Waals surface area contributed by atoms with Crippen LogP contribution in [0, 0.1) is 10.1 Å². The van der Waals surface area contributed by atoms with Crippen molar-refractivity contribution < 1.29 is 9.34 Å². The largest absolute Gasteiger partial charge is 0.423 e. The second kappa shape index (κ2) is 5.46. The Bertz CT molecular complexity index is 619. The van der Waals surface area contributed by atoms with Gasteiger partial charge in [0.05, 0.1) is 4.92 Å². The van der Waals surface area contributed by atoms with Gasteiger partial charge in [-0.2, -0.15) is 4.98 Å². The van der Waals surface area contributed by atoms with Crippen molar-refractivity contribution in [3.8, 4) is 0 Å². The first kappa shape index (κ1) is 12.9. The molecule has 1 atom stereocenters. The van der Waals surface area contributed by atoms with Crippen LogP contribution in [0.25, 0.3) is 11.1 Å². The number of nitro benzene ring substituents is 1. The number of oxazole rings is 1. The molecule has 7 nitrogen and oxygen atoms in total. The van der Waals surface area contributed by atoms with E-state index in [1.807, 2.05) is 0 Å². The van der Waals surface area contributed by atoms with Crippen molar-refractivity contribution in [2.24, 2.45) is 0 Å². The number of benzene rings is 1. The van der Waals surface area contributed by atoms with Gasteiger partial charge in [-0.1, -0.05) is 6.07 Å². The molecule has 0 saturated carbocycles. The monoisotopic (exact) mass is 276 g/mol. The number of aromatic nitrogens is 1. The van der Waals surface area contributed by atoms with Crippen LogP contribution in [0.15, 0.2) is 22.6 Å². The summed E-state index contributed by atoms with van der Waals surface area (Å²) in [5, 5.41) is 17.4. The summed E-state index contributed by atoms with van der Waals surface area (Å²) in [5.41, 5.74) is 0.691. The summed E-state index contributed by atoms with van der Waals surface area (Å²) in [4.78, 5) is 14.6. The maximum absolute atomic E-state index is 10.9. The van der Waals surface area contributed by atoms with Crippen molar-refractivity contribution in [3.05, 3.63) is 28.3 Å². The number of fused-ring (bicyclic) bond motifs is 1. The van der Waals surface area contributed by atoms with Crippen LogP contribution in [-0.2, 0) is 0 Å². The van der Waals surface area contributed by atoms with Gasteiger partial charge in [-0.3, -0.25) is 10.1 Å². The zero-order valence-electron chi connectivity index (χ0n) is 11.0. The average molecular weight is 276 g/mol. The third-order valence-electron chi connectivity index (χ3n) is 3.53. The molecule has 1 aliphatic rings. The number of nitrogens with one attached hydrogen (secondary N) is 2. The second-order valence-corrected chi connectivity index (χ2v) is 4.91. The lowest BCUT2D eigenvalue weighted by molar-refractivity contribution is -0.383. The van der Waals surface area contributed by atoms with E-state index < -0.39 is 4.92 Å². The van der Waals surface area contributed by atoms with Gasteiger partial charge in [-0.25, -0.2) is 0 Å². The fourth-order valence-corrected chi connectivity index (χ4v) is 2.51. The fourth-order valence-electron chi connectivity index (χ4n) is 2.51. The van der Waals surface area contributed by atoms with Gasteiger partial charge < -0.3 is 15.1 Å². The van der Waals surface area contributed by atoms with Gasteiger partial charge in [-0.05, 0) is 31.9 Å². The number of hydrogen-bond acceptors (Lipinski definition) is 6. The molecule has 20 heavy (non-hydrogen) atoms. The lowest BCUT2D eigenvalue weighted by atomic mass is 10.2. The van der Waals surface area contributed by atoms with Crippen molar-refractivity contribution in [3.63, 3.8) is 0 Å². The SMILES string of the molecule is O=[N+]([O-])c1cccc2oc(NCCC3CCCN3)nc12. The van der Waals surface area contributed by atoms with Crippen LogP contribution in [0.5, 0.6) is 0 Å². The van der Waals surface area contributed by atoms with E-state index in [2.05, 4.69) is 15.6 Å². The molecule has 7 heteroatoms. The predicted octanol–water partition coefficient (Wildman–Crippen LogP) is 2.29. The Morgan fingerprint density at radius 2 is 2.45 bits per heavy atom. The van der Waals surface area contributed by atoms with Crippen molar-refractivity contribution in [1.29, 1.82) is 0 Å². The molecule has 2 N–H and O–H groups in total. The number of non-ortho nitro benzene ring substituents is 1. The van der Waals surface area contributed by atoms with E-state index >= 15 is 0 Å². The molecule has 0 radical (unpaired) electrons. The van der Waals surface area contributed by atoms with Crippen molar-refractivity contribution >= 4 is 22.8 Å². The standard InChI is InChI=1S/C13H16N4O3/c18-17(19)10-4-1-5-11-12(10)16-13(20-11)15-8-6-9-3-2-7-14-9/h1,4-5,9,14H,2-3,6-8H2,(H,15,16). The van der Waals surface area contributed by atoms with Crippen LogP contribution < -0.4 is 10.6 Å². The number of anilines is 1. The molecule has 0 amide bonds. The number of para-hydroxylation sites is 1. The van der Waals surface area contributed by atoms with Crippen molar-refractivity contribution in [1.82, 2.24) is 10.3 Å². The molecule has 0 aliphatic carbocycles. The van der Waals surface area contributed by atoms with Gasteiger partial charge in [-0.15, -0.1) is 0 Å². The molecule has 1 aromatic heterocycles. The minimum atomic E-state index is -0.447. The predicted molar refractivity (Wildman–Crippen MR) is 74.8 cm³/mol. The van der Waals surface area contributed by atoms with Crippen LogP contribution in [0.3, 0.4) is 0 Å². The maximum Gasteiger partial charge on any atom is 0.298 e. The number of hydrogen-bond donors (Lipinski definition) is 2. The fraction of sp³-hybridized carbons (Fsp3) is 0.462. The maximum atomic E-state index is 10.9. The summed E-state index contributed by atoms with van der Waals surface area (Å²) >= 11 is 0.